The lowest BCUT2D eigenvalue weighted by Gasteiger charge is -2.14. The van der Waals surface area contributed by atoms with Gasteiger partial charge in [0.1, 0.15) is 5.82 Å². The van der Waals surface area contributed by atoms with Gasteiger partial charge in [0.15, 0.2) is 17.1 Å². The molecule has 1 N–H and O–H groups in total. The molecule has 1 amide bonds. The van der Waals surface area contributed by atoms with E-state index >= 15 is 0 Å². The van der Waals surface area contributed by atoms with Crippen molar-refractivity contribution in [1.29, 1.82) is 0 Å². The zero-order valence-corrected chi connectivity index (χ0v) is 14.4. The van der Waals surface area contributed by atoms with Gasteiger partial charge in [-0.15, -0.1) is 10.2 Å². The molecular formula is C17H18N4O4. The van der Waals surface area contributed by atoms with Gasteiger partial charge in [0, 0.05) is 24.0 Å². The van der Waals surface area contributed by atoms with Crippen molar-refractivity contribution in [3.8, 4) is 17.2 Å². The Morgan fingerprint density at radius 3 is 2.32 bits per heavy atom. The van der Waals surface area contributed by atoms with Crippen LogP contribution in [0.2, 0.25) is 0 Å². The van der Waals surface area contributed by atoms with Gasteiger partial charge in [-0.1, -0.05) is 0 Å². The number of anilines is 1. The fraction of sp³-hybridized carbons (Fsp3) is 0.235. The third kappa shape index (κ3) is 3.06. The Labute approximate surface area is 144 Å². The van der Waals surface area contributed by atoms with Gasteiger partial charge < -0.3 is 19.5 Å². The number of ether oxygens (including phenoxy) is 3. The topological polar surface area (TPSA) is 87.0 Å². The first-order chi connectivity index (χ1) is 12.1. The predicted octanol–water partition coefficient (Wildman–Crippen LogP) is 2.32. The van der Waals surface area contributed by atoms with Gasteiger partial charge in [-0.25, -0.2) is 0 Å². The van der Waals surface area contributed by atoms with Gasteiger partial charge in [0.25, 0.3) is 5.91 Å². The summed E-state index contributed by atoms with van der Waals surface area (Å²) in [4.78, 5) is 12.6. The molecule has 0 aliphatic rings. The first kappa shape index (κ1) is 16.6. The van der Waals surface area contributed by atoms with Crippen LogP contribution in [0, 0.1) is 6.92 Å². The molecule has 3 rings (SSSR count). The summed E-state index contributed by atoms with van der Waals surface area (Å²) in [6, 6.07) is 6.77. The maximum Gasteiger partial charge on any atom is 0.257 e. The smallest absolute Gasteiger partial charge is 0.257 e. The van der Waals surface area contributed by atoms with Gasteiger partial charge in [-0.05, 0) is 19.1 Å². The standard InChI is InChI=1S/C17H18N4O4/c1-10-19-20-15-6-5-11(9-21(10)15)17(22)18-12-7-13(23-2)16(25-4)14(8-12)24-3/h5-9H,1-4H3,(H,18,22). The van der Waals surface area contributed by atoms with Crippen molar-refractivity contribution in [2.75, 3.05) is 26.6 Å². The van der Waals surface area contributed by atoms with Crippen LogP contribution >= 0.6 is 0 Å². The molecule has 130 valence electrons. The summed E-state index contributed by atoms with van der Waals surface area (Å²) in [5.74, 6) is 1.82. The van der Waals surface area contributed by atoms with E-state index in [-0.39, 0.29) is 5.91 Å². The summed E-state index contributed by atoms with van der Waals surface area (Å²) in [6.45, 7) is 1.82. The third-order valence-corrected chi connectivity index (χ3v) is 3.76. The zero-order chi connectivity index (χ0) is 18.0. The number of nitrogens with one attached hydrogen (secondary N) is 1. The van der Waals surface area contributed by atoms with Crippen LogP contribution < -0.4 is 19.5 Å². The summed E-state index contributed by atoms with van der Waals surface area (Å²) < 4.78 is 17.6. The van der Waals surface area contributed by atoms with E-state index in [1.54, 1.807) is 34.9 Å². The van der Waals surface area contributed by atoms with Gasteiger partial charge in [-0.2, -0.15) is 0 Å². The van der Waals surface area contributed by atoms with Crippen LogP contribution in [0.5, 0.6) is 17.2 Å². The number of carbonyl (C=O) groups is 1. The molecule has 8 nitrogen and oxygen atoms in total. The summed E-state index contributed by atoms with van der Waals surface area (Å²) >= 11 is 0. The number of pyridine rings is 1. The highest BCUT2D eigenvalue weighted by Crippen LogP contribution is 2.40. The van der Waals surface area contributed by atoms with Crippen LogP contribution in [-0.4, -0.2) is 41.8 Å². The van der Waals surface area contributed by atoms with E-state index in [1.807, 2.05) is 6.92 Å². The Morgan fingerprint density at radius 1 is 1.04 bits per heavy atom. The molecule has 0 unspecified atom stereocenters. The first-order valence-electron chi connectivity index (χ1n) is 7.50. The molecule has 2 heterocycles. The molecule has 8 heteroatoms. The number of amides is 1. The minimum Gasteiger partial charge on any atom is -0.493 e. The number of fused-ring (bicyclic) bond motifs is 1. The van der Waals surface area contributed by atoms with Gasteiger partial charge in [-0.3, -0.25) is 9.20 Å². The quantitative estimate of drug-likeness (QED) is 0.766. The normalized spacial score (nSPS) is 10.6. The van der Waals surface area contributed by atoms with Crippen molar-refractivity contribution in [3.05, 3.63) is 41.9 Å². The second-order valence-corrected chi connectivity index (χ2v) is 5.26. The van der Waals surface area contributed by atoms with E-state index < -0.39 is 0 Å². The van der Waals surface area contributed by atoms with E-state index in [1.165, 1.54) is 21.3 Å². The summed E-state index contributed by atoms with van der Waals surface area (Å²) in [6.07, 6.45) is 1.69. The highest BCUT2D eigenvalue weighted by Gasteiger charge is 2.15. The molecule has 0 aliphatic heterocycles. The zero-order valence-electron chi connectivity index (χ0n) is 14.4. The Morgan fingerprint density at radius 2 is 1.72 bits per heavy atom. The second kappa shape index (κ2) is 6.68. The number of benzene rings is 1. The van der Waals surface area contributed by atoms with Crippen LogP contribution in [0.4, 0.5) is 5.69 Å². The molecule has 0 fully saturated rings. The summed E-state index contributed by atoms with van der Waals surface area (Å²) in [7, 11) is 4.56. The monoisotopic (exact) mass is 342 g/mol. The average Bonchev–Trinajstić information content (AvgIpc) is 3.01. The van der Waals surface area contributed by atoms with Gasteiger partial charge in [0.05, 0.1) is 26.9 Å². The van der Waals surface area contributed by atoms with Crippen molar-refractivity contribution in [1.82, 2.24) is 14.6 Å². The molecule has 0 saturated heterocycles. The SMILES string of the molecule is COc1cc(NC(=O)c2ccc3nnc(C)n3c2)cc(OC)c1OC. The third-order valence-electron chi connectivity index (χ3n) is 3.76. The van der Waals surface area contributed by atoms with E-state index in [2.05, 4.69) is 15.5 Å². The number of nitrogens with zero attached hydrogens (tertiary/aromatic N) is 3. The molecule has 0 saturated carbocycles. The van der Waals surface area contributed by atoms with Crippen molar-refractivity contribution in [2.24, 2.45) is 0 Å². The molecule has 3 aromatic rings. The fourth-order valence-corrected chi connectivity index (χ4v) is 2.50. The van der Waals surface area contributed by atoms with Crippen molar-refractivity contribution in [2.45, 2.75) is 6.92 Å². The van der Waals surface area contributed by atoms with Gasteiger partial charge >= 0.3 is 0 Å². The number of rotatable bonds is 5. The number of hydrogen-bond acceptors (Lipinski definition) is 6. The molecule has 1 aromatic carbocycles. The number of aromatic nitrogens is 3. The minimum atomic E-state index is -0.274. The van der Waals surface area contributed by atoms with Crippen LogP contribution in [0.25, 0.3) is 5.65 Å². The van der Waals surface area contributed by atoms with E-state index in [9.17, 15) is 4.79 Å². The lowest BCUT2D eigenvalue weighted by Crippen LogP contribution is -2.13. The van der Waals surface area contributed by atoms with Crippen molar-refractivity contribution < 1.29 is 19.0 Å². The van der Waals surface area contributed by atoms with Crippen LogP contribution in [0.15, 0.2) is 30.5 Å². The molecular weight excluding hydrogens is 324 g/mol. The molecule has 0 radical (unpaired) electrons. The molecule has 25 heavy (non-hydrogen) atoms. The van der Waals surface area contributed by atoms with Crippen molar-refractivity contribution in [3.63, 3.8) is 0 Å². The summed E-state index contributed by atoms with van der Waals surface area (Å²) in [5.41, 5.74) is 1.69. The fourth-order valence-electron chi connectivity index (χ4n) is 2.50. The first-order valence-corrected chi connectivity index (χ1v) is 7.50. The molecule has 0 atom stereocenters. The Bertz CT molecular complexity index is 911. The molecule has 2 aromatic heterocycles. The Balaban J connectivity index is 1.92. The van der Waals surface area contributed by atoms with E-state index in [0.717, 1.165) is 0 Å². The highest BCUT2D eigenvalue weighted by molar-refractivity contribution is 6.04. The maximum absolute atomic E-state index is 12.6. The minimum absolute atomic E-state index is 0.274. The molecule has 0 bridgehead atoms. The van der Waals surface area contributed by atoms with Crippen LogP contribution in [-0.2, 0) is 0 Å². The highest BCUT2D eigenvalue weighted by atomic mass is 16.5. The average molecular weight is 342 g/mol. The number of aryl methyl sites for hydroxylation is 1. The number of methoxy groups -OCH3 is 3. The van der Waals surface area contributed by atoms with Gasteiger partial charge in [0.2, 0.25) is 5.75 Å². The maximum atomic E-state index is 12.6. The molecule has 0 aliphatic carbocycles. The number of carbonyl (C=O) groups excluding carboxylic acids is 1. The molecule has 0 spiro atoms. The largest absolute Gasteiger partial charge is 0.493 e. The number of hydrogen-bond donors (Lipinski definition) is 1. The van der Waals surface area contributed by atoms with Crippen LogP contribution in [0.3, 0.4) is 0 Å². The van der Waals surface area contributed by atoms with E-state index in [0.29, 0.717) is 40.0 Å². The predicted molar refractivity (Wildman–Crippen MR) is 91.8 cm³/mol. The Kier molecular flexibility index (Phi) is 4.42. The summed E-state index contributed by atoms with van der Waals surface area (Å²) in [5, 5.41) is 10.8. The van der Waals surface area contributed by atoms with Crippen LogP contribution in [0.1, 0.15) is 16.2 Å². The van der Waals surface area contributed by atoms with E-state index in [4.69, 9.17) is 14.2 Å². The van der Waals surface area contributed by atoms with Crippen molar-refractivity contribution >= 4 is 17.2 Å². The lowest BCUT2D eigenvalue weighted by molar-refractivity contribution is 0.102. The lowest BCUT2D eigenvalue weighted by atomic mass is 10.2. The second-order valence-electron chi connectivity index (χ2n) is 5.26. The Hall–Kier alpha value is -3.29.